The van der Waals surface area contributed by atoms with Gasteiger partial charge in [0.1, 0.15) is 0 Å². The van der Waals surface area contributed by atoms with Crippen LogP contribution in [-0.2, 0) is 0 Å². The first-order chi connectivity index (χ1) is 9.02. The molecule has 0 fully saturated rings. The molecule has 1 aromatic carbocycles. The van der Waals surface area contributed by atoms with Crippen LogP contribution in [0.4, 0.5) is 10.8 Å². The average Bonchev–Trinajstić information content (AvgIpc) is 2.72. The Labute approximate surface area is 117 Å². The highest BCUT2D eigenvalue weighted by Gasteiger charge is 2.16. The Balaban J connectivity index is 2.42. The third-order valence-electron chi connectivity index (χ3n) is 2.97. The lowest BCUT2D eigenvalue weighted by Crippen LogP contribution is -2.15. The molecule has 0 bridgehead atoms. The van der Waals surface area contributed by atoms with Crippen molar-refractivity contribution < 1.29 is 4.79 Å². The number of carbonyl (C=O) groups excluding carboxylic acids is 1. The number of carbonyl (C=O) groups is 1. The molecule has 0 aliphatic heterocycles. The van der Waals surface area contributed by atoms with Crippen LogP contribution < -0.4 is 4.90 Å². The first-order valence-electron chi connectivity index (χ1n) is 6.35. The Kier molecular flexibility index (Phi) is 4.00. The molecule has 0 unspecified atom stereocenters. The molecule has 0 N–H and O–H groups in total. The number of aryl methyl sites for hydroxylation is 2. The van der Waals surface area contributed by atoms with Crippen molar-refractivity contribution in [1.82, 2.24) is 4.98 Å². The number of hydrogen-bond donors (Lipinski definition) is 0. The summed E-state index contributed by atoms with van der Waals surface area (Å²) in [6.45, 7) is 8.47. The van der Waals surface area contributed by atoms with Crippen LogP contribution >= 0.6 is 11.3 Å². The van der Waals surface area contributed by atoms with Gasteiger partial charge in [0.2, 0.25) is 0 Å². The predicted octanol–water partition coefficient (Wildman–Crippen LogP) is 4.12. The fraction of sp³-hybridized carbons (Fsp3) is 0.333. The maximum atomic E-state index is 11.5. The van der Waals surface area contributed by atoms with Crippen molar-refractivity contribution in [2.24, 2.45) is 0 Å². The molecule has 1 aromatic heterocycles. The number of benzene rings is 1. The van der Waals surface area contributed by atoms with Crippen LogP contribution in [0.5, 0.6) is 0 Å². The Hall–Kier alpha value is -1.68. The minimum atomic E-state index is 0.0848. The Bertz CT molecular complexity index is 604. The fourth-order valence-corrected chi connectivity index (χ4v) is 3.10. The van der Waals surface area contributed by atoms with E-state index in [-0.39, 0.29) is 5.78 Å². The van der Waals surface area contributed by atoms with Crippen molar-refractivity contribution in [1.29, 1.82) is 0 Å². The summed E-state index contributed by atoms with van der Waals surface area (Å²) in [4.78, 5) is 19.0. The number of rotatable bonds is 4. The zero-order valence-corrected chi connectivity index (χ0v) is 12.5. The second-order valence-electron chi connectivity index (χ2n) is 4.55. The molecule has 0 amide bonds. The summed E-state index contributed by atoms with van der Waals surface area (Å²) in [5.41, 5.74) is 3.15. The lowest BCUT2D eigenvalue weighted by Gasteiger charge is -2.20. The predicted molar refractivity (Wildman–Crippen MR) is 80.7 cm³/mol. The van der Waals surface area contributed by atoms with Crippen molar-refractivity contribution in [3.05, 3.63) is 40.4 Å². The molecular formula is C15H18N2OS. The molecule has 0 aliphatic carbocycles. The van der Waals surface area contributed by atoms with E-state index >= 15 is 0 Å². The van der Waals surface area contributed by atoms with Gasteiger partial charge in [-0.05, 0) is 38.5 Å². The Morgan fingerprint density at radius 3 is 2.63 bits per heavy atom. The van der Waals surface area contributed by atoms with E-state index < -0.39 is 0 Å². The molecule has 0 atom stereocenters. The first-order valence-corrected chi connectivity index (χ1v) is 7.17. The van der Waals surface area contributed by atoms with Gasteiger partial charge >= 0.3 is 0 Å². The largest absolute Gasteiger partial charge is 0.318 e. The number of hydrogen-bond acceptors (Lipinski definition) is 4. The highest BCUT2D eigenvalue weighted by atomic mass is 32.1. The summed E-state index contributed by atoms with van der Waals surface area (Å²) in [5.74, 6) is 0.0848. The van der Waals surface area contributed by atoms with Crippen molar-refractivity contribution in [3.8, 4) is 0 Å². The number of Topliss-reactive ketones (excluding diaryl/α,β-unsaturated/α-hetero) is 1. The number of thiazole rings is 1. The van der Waals surface area contributed by atoms with Gasteiger partial charge in [-0.1, -0.05) is 23.5 Å². The topological polar surface area (TPSA) is 33.2 Å². The molecule has 2 rings (SSSR count). The van der Waals surface area contributed by atoms with Crippen LogP contribution in [0.15, 0.2) is 24.3 Å². The highest BCUT2D eigenvalue weighted by Crippen LogP contribution is 2.31. The van der Waals surface area contributed by atoms with Crippen molar-refractivity contribution in [3.63, 3.8) is 0 Å². The Morgan fingerprint density at radius 2 is 2.11 bits per heavy atom. The van der Waals surface area contributed by atoms with Crippen LogP contribution in [-0.4, -0.2) is 17.3 Å². The van der Waals surface area contributed by atoms with E-state index in [0.29, 0.717) is 0 Å². The summed E-state index contributed by atoms with van der Waals surface area (Å²) in [5, 5.41) is 0.885. The normalized spacial score (nSPS) is 10.5. The van der Waals surface area contributed by atoms with Crippen LogP contribution in [0.3, 0.4) is 0 Å². The molecule has 0 spiro atoms. The molecule has 1 heterocycles. The maximum Gasteiger partial charge on any atom is 0.190 e. The van der Waals surface area contributed by atoms with Crippen LogP contribution in [0.25, 0.3) is 0 Å². The smallest absolute Gasteiger partial charge is 0.190 e. The molecule has 3 nitrogen and oxygen atoms in total. The van der Waals surface area contributed by atoms with E-state index in [2.05, 4.69) is 41.9 Å². The molecule has 2 aromatic rings. The van der Waals surface area contributed by atoms with Gasteiger partial charge in [0.15, 0.2) is 10.9 Å². The zero-order chi connectivity index (χ0) is 14.0. The van der Waals surface area contributed by atoms with Gasteiger partial charge in [0, 0.05) is 19.2 Å². The summed E-state index contributed by atoms with van der Waals surface area (Å²) in [6, 6.07) is 8.32. The summed E-state index contributed by atoms with van der Waals surface area (Å²) in [6.07, 6.45) is 0. The maximum absolute atomic E-state index is 11.5. The van der Waals surface area contributed by atoms with E-state index in [1.54, 1.807) is 6.92 Å². The quantitative estimate of drug-likeness (QED) is 0.786. The third-order valence-corrected chi connectivity index (χ3v) is 4.25. The van der Waals surface area contributed by atoms with Crippen molar-refractivity contribution in [2.45, 2.75) is 27.7 Å². The summed E-state index contributed by atoms with van der Waals surface area (Å²) < 4.78 is 0. The molecule has 4 heteroatoms. The zero-order valence-electron chi connectivity index (χ0n) is 11.7. The van der Waals surface area contributed by atoms with Gasteiger partial charge in [-0.25, -0.2) is 4.98 Å². The van der Waals surface area contributed by atoms with Gasteiger partial charge < -0.3 is 4.90 Å². The van der Waals surface area contributed by atoms with Gasteiger partial charge in [0.05, 0.1) is 10.6 Å². The lowest BCUT2D eigenvalue weighted by molar-refractivity contribution is 0.102. The lowest BCUT2D eigenvalue weighted by atomic mass is 10.2. The number of ketones is 1. The molecule has 0 saturated carbocycles. The second-order valence-corrected chi connectivity index (χ2v) is 5.53. The van der Waals surface area contributed by atoms with Gasteiger partial charge in [-0.2, -0.15) is 0 Å². The number of anilines is 2. The molecule has 0 saturated heterocycles. The van der Waals surface area contributed by atoms with E-state index in [0.717, 1.165) is 27.9 Å². The summed E-state index contributed by atoms with van der Waals surface area (Å²) in [7, 11) is 0. The van der Waals surface area contributed by atoms with E-state index in [1.165, 1.54) is 16.9 Å². The SMILES string of the molecule is CCN(c1cccc(C)c1)c1nc(C)c(C(C)=O)s1. The minimum Gasteiger partial charge on any atom is -0.318 e. The van der Waals surface area contributed by atoms with Gasteiger partial charge in [0.25, 0.3) is 0 Å². The third kappa shape index (κ3) is 2.84. The Morgan fingerprint density at radius 1 is 1.37 bits per heavy atom. The van der Waals surface area contributed by atoms with E-state index in [9.17, 15) is 4.79 Å². The molecule has 0 aliphatic rings. The van der Waals surface area contributed by atoms with Crippen LogP contribution in [0.2, 0.25) is 0 Å². The minimum absolute atomic E-state index is 0.0848. The van der Waals surface area contributed by atoms with E-state index in [4.69, 9.17) is 0 Å². The van der Waals surface area contributed by atoms with Crippen LogP contribution in [0.1, 0.15) is 34.8 Å². The fourth-order valence-electron chi connectivity index (χ4n) is 2.05. The molecule has 100 valence electrons. The highest BCUT2D eigenvalue weighted by molar-refractivity contribution is 7.17. The average molecular weight is 274 g/mol. The first kappa shape index (κ1) is 13.7. The number of aromatic nitrogens is 1. The molecule has 0 radical (unpaired) electrons. The molecular weight excluding hydrogens is 256 g/mol. The van der Waals surface area contributed by atoms with Crippen molar-refractivity contribution in [2.75, 3.05) is 11.4 Å². The van der Waals surface area contributed by atoms with Crippen LogP contribution in [0, 0.1) is 13.8 Å². The van der Waals surface area contributed by atoms with Gasteiger partial charge in [-0.3, -0.25) is 4.79 Å². The second kappa shape index (κ2) is 5.53. The standard InChI is InChI=1S/C15H18N2OS/c1-5-17(13-8-6-7-10(2)9-13)15-16-11(3)14(19-15)12(4)18/h6-9H,5H2,1-4H3. The van der Waals surface area contributed by atoms with Gasteiger partial charge in [-0.15, -0.1) is 0 Å². The van der Waals surface area contributed by atoms with E-state index in [1.807, 2.05) is 13.0 Å². The molecule has 19 heavy (non-hydrogen) atoms. The van der Waals surface area contributed by atoms with Crippen molar-refractivity contribution >= 4 is 27.9 Å². The summed E-state index contributed by atoms with van der Waals surface area (Å²) >= 11 is 1.47. The number of nitrogens with zero attached hydrogens (tertiary/aromatic N) is 2. The monoisotopic (exact) mass is 274 g/mol.